The van der Waals surface area contributed by atoms with E-state index in [1.807, 2.05) is 4.90 Å². The number of carboxylic acid groups (broad SMARTS) is 1. The minimum atomic E-state index is -5.08. The van der Waals surface area contributed by atoms with Gasteiger partial charge in [0.2, 0.25) is 15.9 Å². The van der Waals surface area contributed by atoms with Crippen LogP contribution in [0.1, 0.15) is 38.5 Å². The summed E-state index contributed by atoms with van der Waals surface area (Å²) in [7, 11) is -0.896. The van der Waals surface area contributed by atoms with Crippen LogP contribution < -0.4 is 14.8 Å². The highest BCUT2D eigenvalue weighted by molar-refractivity contribution is 7.89. The molecule has 1 aromatic rings. The second kappa shape index (κ2) is 13.8. The van der Waals surface area contributed by atoms with Crippen LogP contribution in [0.25, 0.3) is 0 Å². The smallest absolute Gasteiger partial charge is 0.490 e. The highest BCUT2D eigenvalue weighted by Crippen LogP contribution is 2.34. The van der Waals surface area contributed by atoms with Gasteiger partial charge in [0.05, 0.1) is 14.2 Å². The molecule has 1 aromatic carbocycles. The summed E-state index contributed by atoms with van der Waals surface area (Å²) in [6.07, 6.45) is -0.162. The Bertz CT molecular complexity index is 1010. The van der Waals surface area contributed by atoms with Crippen LogP contribution in [0, 0.1) is 0 Å². The van der Waals surface area contributed by atoms with Gasteiger partial charge in [0, 0.05) is 51.3 Å². The normalized spacial score (nSPS) is 17.1. The van der Waals surface area contributed by atoms with Crippen molar-refractivity contribution >= 4 is 21.9 Å². The number of carboxylic acids is 1. The van der Waals surface area contributed by atoms with Crippen molar-refractivity contribution in [3.63, 3.8) is 0 Å². The number of sulfonamides is 1. The number of alkyl halides is 3. The van der Waals surface area contributed by atoms with Gasteiger partial charge in [-0.25, -0.2) is 13.2 Å². The molecule has 210 valence electrons. The monoisotopic (exact) mass is 553 g/mol. The molecule has 1 aliphatic carbocycles. The molecule has 0 bridgehead atoms. The number of carbonyl (C=O) groups is 2. The van der Waals surface area contributed by atoms with Gasteiger partial charge in [-0.15, -0.1) is 0 Å². The fourth-order valence-electron chi connectivity index (χ4n) is 4.26. The van der Waals surface area contributed by atoms with Crippen LogP contribution in [0.15, 0.2) is 23.1 Å². The molecule has 0 aromatic heterocycles. The van der Waals surface area contributed by atoms with E-state index in [1.165, 1.54) is 24.6 Å². The fourth-order valence-corrected chi connectivity index (χ4v) is 6.12. The van der Waals surface area contributed by atoms with Crippen LogP contribution in [0.5, 0.6) is 11.5 Å². The molecular formula is C23H34F3N3O7S. The van der Waals surface area contributed by atoms with Crippen LogP contribution in [0.2, 0.25) is 0 Å². The van der Waals surface area contributed by atoms with Crippen molar-refractivity contribution in [2.24, 2.45) is 0 Å². The van der Waals surface area contributed by atoms with Gasteiger partial charge in [0.1, 0.15) is 16.4 Å². The zero-order chi connectivity index (χ0) is 27.6. The van der Waals surface area contributed by atoms with Crippen molar-refractivity contribution in [3.05, 3.63) is 18.2 Å². The third-order valence-corrected chi connectivity index (χ3v) is 8.17. The van der Waals surface area contributed by atoms with Gasteiger partial charge in [-0.3, -0.25) is 4.79 Å². The Balaban J connectivity index is 0.000000604. The summed E-state index contributed by atoms with van der Waals surface area (Å²) in [5.41, 5.74) is 0. The van der Waals surface area contributed by atoms with Crippen molar-refractivity contribution in [1.29, 1.82) is 0 Å². The zero-order valence-corrected chi connectivity index (χ0v) is 21.7. The molecule has 1 saturated carbocycles. The number of aliphatic carboxylic acids is 1. The summed E-state index contributed by atoms with van der Waals surface area (Å²) in [4.78, 5) is 23.5. The SMILES string of the molecule is COc1ccc(OC)c(S(=O)(=O)N(CCC(=O)N2CCNCC2)C2CCCCC2)c1.O=C(O)C(F)(F)F. The van der Waals surface area contributed by atoms with Gasteiger partial charge >= 0.3 is 12.1 Å². The average Bonchev–Trinajstić information content (AvgIpc) is 2.89. The van der Waals surface area contributed by atoms with E-state index in [9.17, 15) is 26.4 Å². The molecule has 0 spiro atoms. The van der Waals surface area contributed by atoms with E-state index >= 15 is 0 Å². The number of halogens is 3. The molecule has 2 aliphatic rings. The van der Waals surface area contributed by atoms with Crippen molar-refractivity contribution in [1.82, 2.24) is 14.5 Å². The van der Waals surface area contributed by atoms with E-state index in [4.69, 9.17) is 19.4 Å². The van der Waals surface area contributed by atoms with Gasteiger partial charge < -0.3 is 24.8 Å². The van der Waals surface area contributed by atoms with Crippen LogP contribution >= 0.6 is 0 Å². The molecule has 2 N–H and O–H groups in total. The predicted molar refractivity (Wildman–Crippen MR) is 128 cm³/mol. The maximum atomic E-state index is 13.7. The van der Waals surface area contributed by atoms with E-state index in [1.54, 1.807) is 12.1 Å². The summed E-state index contributed by atoms with van der Waals surface area (Å²) in [6, 6.07) is 4.69. The molecular weight excluding hydrogens is 519 g/mol. The topological polar surface area (TPSA) is 125 Å². The standard InChI is InChI=1S/C21H33N3O5S.C2HF3O2/c1-28-18-8-9-19(29-2)20(16-18)30(26,27)24(17-6-4-3-5-7-17)13-10-21(25)23-14-11-22-12-15-23;3-2(4,5)1(6)7/h8-9,16-17,22H,3-7,10-15H2,1-2H3;(H,6,7). The first-order chi connectivity index (χ1) is 17.4. The van der Waals surface area contributed by atoms with E-state index < -0.39 is 22.2 Å². The van der Waals surface area contributed by atoms with Crippen LogP contribution in [0.4, 0.5) is 13.2 Å². The quantitative estimate of drug-likeness (QED) is 0.503. The molecule has 1 amide bonds. The summed E-state index contributed by atoms with van der Waals surface area (Å²) in [5, 5.41) is 10.4. The fraction of sp³-hybridized carbons (Fsp3) is 0.652. The molecule has 10 nitrogen and oxygen atoms in total. The molecule has 37 heavy (non-hydrogen) atoms. The Morgan fingerprint density at radius 2 is 1.70 bits per heavy atom. The van der Waals surface area contributed by atoms with Gasteiger partial charge in [0.15, 0.2) is 0 Å². The molecule has 0 unspecified atom stereocenters. The van der Waals surface area contributed by atoms with E-state index in [0.29, 0.717) is 18.8 Å². The van der Waals surface area contributed by atoms with Crippen LogP contribution in [-0.4, -0.2) is 93.8 Å². The average molecular weight is 554 g/mol. The highest BCUT2D eigenvalue weighted by atomic mass is 32.2. The van der Waals surface area contributed by atoms with Crippen molar-refractivity contribution in [2.45, 2.75) is 55.6 Å². The maximum absolute atomic E-state index is 13.7. The lowest BCUT2D eigenvalue weighted by atomic mass is 9.95. The molecule has 1 saturated heterocycles. The second-order valence-corrected chi connectivity index (χ2v) is 10.5. The van der Waals surface area contributed by atoms with E-state index in [0.717, 1.165) is 45.2 Å². The first-order valence-corrected chi connectivity index (χ1v) is 13.4. The molecule has 14 heteroatoms. The molecule has 1 aliphatic heterocycles. The van der Waals surface area contributed by atoms with E-state index in [-0.39, 0.29) is 35.6 Å². The van der Waals surface area contributed by atoms with Gasteiger partial charge in [-0.1, -0.05) is 19.3 Å². The third kappa shape index (κ3) is 8.75. The number of rotatable bonds is 8. The molecule has 1 heterocycles. The summed E-state index contributed by atoms with van der Waals surface area (Å²) < 4.78 is 71.3. The summed E-state index contributed by atoms with van der Waals surface area (Å²) in [6.45, 7) is 3.06. The van der Waals surface area contributed by atoms with Gasteiger partial charge in [0.25, 0.3) is 0 Å². The van der Waals surface area contributed by atoms with Gasteiger partial charge in [-0.2, -0.15) is 17.5 Å². The number of nitrogens with one attached hydrogen (secondary N) is 1. The van der Waals surface area contributed by atoms with Crippen molar-refractivity contribution in [3.8, 4) is 11.5 Å². The first kappa shape index (κ1) is 30.6. The number of hydrogen-bond donors (Lipinski definition) is 2. The number of benzene rings is 1. The number of nitrogens with zero attached hydrogens (tertiary/aromatic N) is 2. The minimum Gasteiger partial charge on any atom is -0.497 e. The van der Waals surface area contributed by atoms with Gasteiger partial charge in [-0.05, 0) is 25.0 Å². The van der Waals surface area contributed by atoms with Crippen molar-refractivity contribution in [2.75, 3.05) is 46.9 Å². The number of hydrogen-bond acceptors (Lipinski definition) is 7. The lowest BCUT2D eigenvalue weighted by Crippen LogP contribution is -2.48. The number of carbonyl (C=O) groups excluding carboxylic acids is 1. The number of piperazine rings is 1. The number of amides is 1. The third-order valence-electron chi connectivity index (χ3n) is 6.20. The highest BCUT2D eigenvalue weighted by Gasteiger charge is 2.38. The predicted octanol–water partition coefficient (Wildman–Crippen LogP) is 2.48. The Morgan fingerprint density at radius 1 is 1.11 bits per heavy atom. The Labute approximate surface area is 214 Å². The molecule has 0 radical (unpaired) electrons. The second-order valence-electron chi connectivity index (χ2n) is 8.61. The lowest BCUT2D eigenvalue weighted by Gasteiger charge is -2.34. The first-order valence-electron chi connectivity index (χ1n) is 11.9. The Kier molecular flexibility index (Phi) is 11.4. The zero-order valence-electron chi connectivity index (χ0n) is 20.9. The summed E-state index contributed by atoms with van der Waals surface area (Å²) >= 11 is 0. The van der Waals surface area contributed by atoms with Crippen molar-refractivity contribution < 1.29 is 45.8 Å². The van der Waals surface area contributed by atoms with Crippen LogP contribution in [0.3, 0.4) is 0 Å². The number of ether oxygens (including phenoxy) is 2. The maximum Gasteiger partial charge on any atom is 0.490 e. The van der Waals surface area contributed by atoms with Crippen LogP contribution in [-0.2, 0) is 19.6 Å². The lowest BCUT2D eigenvalue weighted by molar-refractivity contribution is -0.192. The Hall–Kier alpha value is -2.58. The van der Waals surface area contributed by atoms with E-state index in [2.05, 4.69) is 5.32 Å². The molecule has 3 rings (SSSR count). The largest absolute Gasteiger partial charge is 0.497 e. The molecule has 0 atom stereocenters. The Morgan fingerprint density at radius 3 is 2.22 bits per heavy atom. The summed E-state index contributed by atoms with van der Waals surface area (Å²) in [5.74, 6) is -2.02. The number of methoxy groups -OCH3 is 2. The molecule has 2 fully saturated rings. The minimum absolute atomic E-state index is 0.00474.